The summed E-state index contributed by atoms with van der Waals surface area (Å²) in [6.07, 6.45) is 0. The van der Waals surface area contributed by atoms with Crippen molar-refractivity contribution in [3.05, 3.63) is 230 Å². The van der Waals surface area contributed by atoms with Crippen LogP contribution in [0.5, 0.6) is 0 Å². The number of anilines is 6. The van der Waals surface area contributed by atoms with Gasteiger partial charge in [-0.15, -0.1) is 22.7 Å². The predicted octanol–water partition coefficient (Wildman–Crippen LogP) is 20.8. The third-order valence-electron chi connectivity index (χ3n) is 16.1. The van der Waals surface area contributed by atoms with Crippen LogP contribution in [-0.4, -0.2) is 16.1 Å². The average molecular weight is 1010 g/mol. The first-order valence-electron chi connectivity index (χ1n) is 25.6. The molecule has 1 aliphatic rings. The number of hydrogen-bond acceptors (Lipinski definition) is 4. The molecule has 13 aromatic rings. The maximum atomic E-state index is 2.66. The maximum absolute atomic E-state index is 2.66. The number of nitrogens with zero attached hydrogens (tertiary/aromatic N) is 2. The zero-order chi connectivity index (χ0) is 49.4. The molecule has 73 heavy (non-hydrogen) atoms. The van der Waals surface area contributed by atoms with Gasteiger partial charge in [0, 0.05) is 79.1 Å². The number of rotatable bonds is 8. The normalized spacial score (nSPS) is 13.5. The van der Waals surface area contributed by atoms with Gasteiger partial charge in [-0.25, -0.2) is 0 Å². The Morgan fingerprint density at radius 1 is 0.301 bits per heavy atom. The van der Waals surface area contributed by atoms with Crippen LogP contribution in [0.2, 0.25) is 39.3 Å². The Balaban J connectivity index is 0.997. The molecule has 6 heteroatoms. The lowest BCUT2D eigenvalue weighted by Gasteiger charge is -2.52. The van der Waals surface area contributed by atoms with Crippen molar-refractivity contribution in [1.29, 1.82) is 0 Å². The van der Waals surface area contributed by atoms with E-state index >= 15 is 0 Å². The van der Waals surface area contributed by atoms with Crippen molar-refractivity contribution in [3.63, 3.8) is 0 Å². The van der Waals surface area contributed by atoms with Crippen molar-refractivity contribution in [2.75, 3.05) is 9.80 Å². The molecule has 0 amide bonds. The summed E-state index contributed by atoms with van der Waals surface area (Å²) >= 11 is 3.75. The Labute approximate surface area is 437 Å². The molecular formula is C67H54N2S2Si2. The van der Waals surface area contributed by atoms with Gasteiger partial charge in [0.05, 0.1) is 16.1 Å². The predicted molar refractivity (Wildman–Crippen MR) is 327 cm³/mol. The van der Waals surface area contributed by atoms with Crippen molar-refractivity contribution in [1.82, 2.24) is 0 Å². The van der Waals surface area contributed by atoms with Gasteiger partial charge in [-0.05, 0) is 152 Å². The molecule has 0 fully saturated rings. The van der Waals surface area contributed by atoms with Crippen LogP contribution in [0.25, 0.3) is 83.8 Å². The zero-order valence-corrected chi connectivity index (χ0v) is 45.6. The second-order valence-electron chi connectivity index (χ2n) is 22.1. The van der Waals surface area contributed by atoms with Crippen LogP contribution in [0, 0.1) is 0 Å². The highest BCUT2D eigenvalue weighted by Gasteiger charge is 2.60. The number of hydrogen-bond donors (Lipinski definition) is 0. The van der Waals surface area contributed by atoms with Crippen molar-refractivity contribution in [2.45, 2.75) is 43.9 Å². The summed E-state index contributed by atoms with van der Waals surface area (Å²) in [6.45, 7) is 16.0. The zero-order valence-electron chi connectivity index (χ0n) is 42.0. The van der Waals surface area contributed by atoms with E-state index in [1.165, 1.54) is 83.8 Å². The van der Waals surface area contributed by atoms with E-state index in [9.17, 15) is 0 Å². The highest BCUT2D eigenvalue weighted by molar-refractivity contribution is 7.26. The van der Waals surface area contributed by atoms with Crippen LogP contribution < -0.4 is 9.80 Å². The fourth-order valence-electron chi connectivity index (χ4n) is 13.6. The molecule has 0 atom stereocenters. The van der Waals surface area contributed by atoms with E-state index in [-0.39, 0.29) is 4.66 Å². The number of thiophene rings is 2. The SMILES string of the molecule is C[Si](C)(C)C1([Si](C)(C)C)c2c(ccc3cc(N(c4ccccc4)c4ccc5sc6ccccc6c5c4)ccc23)-c2c1c1ccc(N(c3ccccc3)c3ccc4sc5ccccc5c4c3)cc1c1ccccc21. The summed E-state index contributed by atoms with van der Waals surface area (Å²) in [6, 6.07) is 82.6. The smallest absolute Gasteiger partial charge is 0.0579 e. The maximum Gasteiger partial charge on any atom is 0.0579 e. The van der Waals surface area contributed by atoms with Gasteiger partial charge in [0.25, 0.3) is 0 Å². The van der Waals surface area contributed by atoms with E-state index in [4.69, 9.17) is 0 Å². The molecule has 0 bridgehead atoms. The summed E-state index contributed by atoms with van der Waals surface area (Å²) in [5.41, 5.74) is 12.9. The summed E-state index contributed by atoms with van der Waals surface area (Å²) < 4.78 is 5.16. The van der Waals surface area contributed by atoms with E-state index in [1.807, 2.05) is 22.7 Å². The summed E-state index contributed by atoms with van der Waals surface area (Å²) in [5.74, 6) is 0. The number of benzene rings is 11. The lowest BCUT2D eigenvalue weighted by Crippen LogP contribution is -2.63. The van der Waals surface area contributed by atoms with Gasteiger partial charge < -0.3 is 9.80 Å². The van der Waals surface area contributed by atoms with Crippen molar-refractivity contribution in [2.24, 2.45) is 0 Å². The van der Waals surface area contributed by atoms with Crippen molar-refractivity contribution < 1.29 is 0 Å². The number of para-hydroxylation sites is 2. The fraction of sp³-hybridized carbons (Fsp3) is 0.104. The van der Waals surface area contributed by atoms with Gasteiger partial charge in [0.1, 0.15) is 0 Å². The van der Waals surface area contributed by atoms with Crippen LogP contribution in [0.1, 0.15) is 11.1 Å². The average Bonchev–Trinajstić information content (AvgIpc) is 4.08. The third-order valence-corrected chi connectivity index (χ3v) is 28.4. The molecule has 14 rings (SSSR count). The second kappa shape index (κ2) is 16.3. The van der Waals surface area contributed by atoms with E-state index in [1.54, 1.807) is 11.1 Å². The van der Waals surface area contributed by atoms with Gasteiger partial charge in [0.2, 0.25) is 0 Å². The third kappa shape index (κ3) is 6.57. The molecule has 0 radical (unpaired) electrons. The summed E-state index contributed by atoms with van der Waals surface area (Å²) in [5, 5.41) is 13.3. The van der Waals surface area contributed by atoms with Gasteiger partial charge in [0.15, 0.2) is 0 Å². The lowest BCUT2D eigenvalue weighted by molar-refractivity contribution is 0.973. The molecule has 2 aromatic heterocycles. The molecule has 2 heterocycles. The molecule has 2 nitrogen and oxygen atoms in total. The topological polar surface area (TPSA) is 6.48 Å². The molecule has 1 aliphatic carbocycles. The van der Waals surface area contributed by atoms with E-state index in [0.717, 1.165) is 34.1 Å². The van der Waals surface area contributed by atoms with Gasteiger partial charge >= 0.3 is 0 Å². The van der Waals surface area contributed by atoms with Crippen molar-refractivity contribution in [3.8, 4) is 11.1 Å². The largest absolute Gasteiger partial charge is 0.310 e. The lowest BCUT2D eigenvalue weighted by atomic mass is 9.91. The molecule has 0 saturated carbocycles. The Hall–Kier alpha value is -7.33. The molecule has 0 aliphatic heterocycles. The van der Waals surface area contributed by atoms with Crippen LogP contribution in [-0.2, 0) is 4.66 Å². The highest BCUT2D eigenvalue weighted by atomic mass is 32.1. The Morgan fingerprint density at radius 3 is 1.26 bits per heavy atom. The summed E-state index contributed by atoms with van der Waals surface area (Å²) in [7, 11) is -4.31. The minimum Gasteiger partial charge on any atom is -0.310 e. The summed E-state index contributed by atoms with van der Waals surface area (Å²) in [4.78, 5) is 4.92. The fourth-order valence-corrected chi connectivity index (χ4v) is 28.8. The first kappa shape index (κ1) is 44.4. The van der Waals surface area contributed by atoms with E-state index in [0.29, 0.717) is 0 Å². The van der Waals surface area contributed by atoms with Crippen LogP contribution in [0.4, 0.5) is 34.1 Å². The van der Waals surface area contributed by atoms with Crippen LogP contribution >= 0.6 is 22.7 Å². The van der Waals surface area contributed by atoms with Gasteiger partial charge in [-0.3, -0.25) is 0 Å². The minimum absolute atomic E-state index is 0.121. The van der Waals surface area contributed by atoms with Gasteiger partial charge in [-0.1, -0.05) is 161 Å². The van der Waals surface area contributed by atoms with Gasteiger partial charge in [-0.2, -0.15) is 0 Å². The second-order valence-corrected chi connectivity index (χ2v) is 35.2. The first-order valence-corrected chi connectivity index (χ1v) is 34.2. The molecule has 0 unspecified atom stereocenters. The standard InChI is InChI=1S/C67H54N2S2Si2/c1-72(2,3)67(73(4,5)6)65-50-35-30-46(68(44-19-9-7-10-20-44)48-32-37-62-58(41-48)52-24-15-17-27-60(52)70-62)39-43(50)29-34-56(65)64-54-26-14-13-23-51(54)57-40-47(31-36-55(57)66(64)67)69(45-21-11-8-12-22-45)49-33-38-63-59(42-49)53-25-16-18-28-61(53)71-63/h7-42H,1-6H3. The first-order chi connectivity index (χ1) is 35.5. The van der Waals surface area contributed by atoms with Crippen LogP contribution in [0.15, 0.2) is 218 Å². The van der Waals surface area contributed by atoms with E-state index in [2.05, 4.69) is 267 Å². The molecule has 0 N–H and O–H groups in total. The monoisotopic (exact) mass is 1010 g/mol. The molecule has 11 aromatic carbocycles. The molecule has 352 valence electrons. The quantitative estimate of drug-likeness (QED) is 0.111. The van der Waals surface area contributed by atoms with E-state index < -0.39 is 16.1 Å². The molecule has 0 saturated heterocycles. The van der Waals surface area contributed by atoms with Crippen LogP contribution in [0.3, 0.4) is 0 Å². The molecule has 0 spiro atoms. The Bertz CT molecular complexity index is 4360. The highest BCUT2D eigenvalue weighted by Crippen LogP contribution is 2.63. The molecular weight excluding hydrogens is 953 g/mol. The van der Waals surface area contributed by atoms with Crippen molar-refractivity contribution >= 4 is 146 Å². The minimum atomic E-state index is -2.16. The number of fused-ring (bicyclic) bond motifs is 16. The Morgan fingerprint density at radius 2 is 0.726 bits per heavy atom. The Kier molecular flexibility index (Phi) is 9.93.